The summed E-state index contributed by atoms with van der Waals surface area (Å²) in [7, 11) is 0. The molecule has 0 amide bonds. The molecule has 0 unspecified atom stereocenters. The molecule has 0 bridgehead atoms. The fourth-order valence-corrected chi connectivity index (χ4v) is 1.38. The predicted molar refractivity (Wildman–Crippen MR) is 60.8 cm³/mol. The lowest BCUT2D eigenvalue weighted by Crippen LogP contribution is -2.01. The van der Waals surface area contributed by atoms with Crippen molar-refractivity contribution in [1.82, 2.24) is 0 Å². The fraction of sp³-hybridized carbons (Fsp3) is 0.917. The minimum absolute atomic E-state index is 0.472. The van der Waals surface area contributed by atoms with Gasteiger partial charge in [-0.2, -0.15) is 0 Å². The molecule has 0 spiro atoms. The van der Waals surface area contributed by atoms with Gasteiger partial charge in [0, 0.05) is 19.6 Å². The minimum Gasteiger partial charge on any atom is -0.468 e. The van der Waals surface area contributed by atoms with Crippen molar-refractivity contribution < 1.29 is 14.3 Å². The lowest BCUT2D eigenvalue weighted by atomic mass is 10.1. The lowest BCUT2D eigenvalue weighted by Gasteiger charge is -2.03. The molecule has 0 radical (unpaired) electrons. The molecule has 0 fully saturated rings. The molecular weight excluding hydrogens is 192 g/mol. The van der Waals surface area contributed by atoms with E-state index in [0.717, 1.165) is 19.4 Å². The molecule has 3 heteroatoms. The van der Waals surface area contributed by atoms with Gasteiger partial charge in [0.05, 0.1) is 6.61 Å². The SMILES string of the molecule is CCCCCCCCOCCCOC=O. The fourth-order valence-electron chi connectivity index (χ4n) is 1.38. The second-order valence-corrected chi connectivity index (χ2v) is 3.70. The monoisotopic (exact) mass is 216 g/mol. The van der Waals surface area contributed by atoms with E-state index >= 15 is 0 Å². The van der Waals surface area contributed by atoms with Gasteiger partial charge >= 0.3 is 0 Å². The van der Waals surface area contributed by atoms with E-state index in [1.54, 1.807) is 0 Å². The van der Waals surface area contributed by atoms with Crippen LogP contribution in [-0.2, 0) is 14.3 Å². The lowest BCUT2D eigenvalue weighted by molar-refractivity contribution is -0.129. The second kappa shape index (κ2) is 13.4. The minimum atomic E-state index is 0.472. The van der Waals surface area contributed by atoms with Crippen molar-refractivity contribution in [3.05, 3.63) is 0 Å². The third-order valence-corrected chi connectivity index (χ3v) is 2.26. The molecule has 0 aromatic rings. The van der Waals surface area contributed by atoms with E-state index in [1.807, 2.05) is 0 Å². The van der Waals surface area contributed by atoms with E-state index in [0.29, 0.717) is 19.7 Å². The molecule has 0 heterocycles. The Morgan fingerprint density at radius 2 is 1.53 bits per heavy atom. The molecule has 0 atom stereocenters. The summed E-state index contributed by atoms with van der Waals surface area (Å²) < 4.78 is 9.94. The highest BCUT2D eigenvalue weighted by Crippen LogP contribution is 2.04. The van der Waals surface area contributed by atoms with Crippen molar-refractivity contribution in [2.24, 2.45) is 0 Å². The molecule has 0 aromatic carbocycles. The summed E-state index contributed by atoms with van der Waals surface area (Å²) in [6.45, 7) is 4.72. The summed E-state index contributed by atoms with van der Waals surface area (Å²) >= 11 is 0. The highest BCUT2D eigenvalue weighted by molar-refractivity contribution is 5.36. The summed E-state index contributed by atoms with van der Waals surface area (Å²) in [6.07, 6.45) is 8.55. The van der Waals surface area contributed by atoms with Crippen LogP contribution in [0.15, 0.2) is 0 Å². The first kappa shape index (κ1) is 14.4. The van der Waals surface area contributed by atoms with Gasteiger partial charge in [-0.05, 0) is 6.42 Å². The van der Waals surface area contributed by atoms with Gasteiger partial charge in [-0.25, -0.2) is 0 Å². The van der Waals surface area contributed by atoms with Gasteiger partial charge in [0.25, 0.3) is 6.47 Å². The summed E-state index contributed by atoms with van der Waals surface area (Å²) in [5, 5.41) is 0. The quantitative estimate of drug-likeness (QED) is 0.371. The Kier molecular flexibility index (Phi) is 12.9. The molecule has 0 aliphatic carbocycles. The first-order valence-electron chi connectivity index (χ1n) is 6.04. The van der Waals surface area contributed by atoms with Crippen LogP contribution >= 0.6 is 0 Å². The smallest absolute Gasteiger partial charge is 0.293 e. The molecule has 0 N–H and O–H groups in total. The van der Waals surface area contributed by atoms with Crippen LogP contribution in [0.4, 0.5) is 0 Å². The van der Waals surface area contributed by atoms with Gasteiger partial charge in [0.1, 0.15) is 0 Å². The standard InChI is InChI=1S/C12H24O3/c1-2-3-4-5-6-7-9-14-10-8-11-15-12-13/h12H,2-11H2,1H3. The Bertz CT molecular complexity index is 126. The average molecular weight is 216 g/mol. The van der Waals surface area contributed by atoms with E-state index in [2.05, 4.69) is 11.7 Å². The number of carbonyl (C=O) groups excluding carboxylic acids is 1. The largest absolute Gasteiger partial charge is 0.468 e. The Balaban J connectivity index is 2.83. The molecule has 0 aliphatic heterocycles. The predicted octanol–water partition coefficient (Wildman–Crippen LogP) is 2.93. The zero-order valence-corrected chi connectivity index (χ0v) is 9.87. The molecule has 15 heavy (non-hydrogen) atoms. The van der Waals surface area contributed by atoms with Crippen molar-refractivity contribution in [2.75, 3.05) is 19.8 Å². The zero-order valence-electron chi connectivity index (χ0n) is 9.87. The van der Waals surface area contributed by atoms with Crippen molar-refractivity contribution in [2.45, 2.75) is 51.9 Å². The number of hydrogen-bond donors (Lipinski definition) is 0. The van der Waals surface area contributed by atoms with E-state index in [9.17, 15) is 4.79 Å². The molecule has 0 rings (SSSR count). The molecule has 3 nitrogen and oxygen atoms in total. The maximum Gasteiger partial charge on any atom is 0.293 e. The maximum atomic E-state index is 9.80. The third-order valence-electron chi connectivity index (χ3n) is 2.26. The Morgan fingerprint density at radius 3 is 2.27 bits per heavy atom. The van der Waals surface area contributed by atoms with E-state index < -0.39 is 0 Å². The summed E-state index contributed by atoms with van der Waals surface area (Å²) in [5.74, 6) is 0. The van der Waals surface area contributed by atoms with Crippen LogP contribution in [0.2, 0.25) is 0 Å². The van der Waals surface area contributed by atoms with E-state index in [1.165, 1.54) is 32.1 Å². The van der Waals surface area contributed by atoms with Crippen LogP contribution in [0, 0.1) is 0 Å². The maximum absolute atomic E-state index is 9.80. The van der Waals surface area contributed by atoms with Crippen LogP contribution in [0.1, 0.15) is 51.9 Å². The number of unbranched alkanes of at least 4 members (excludes halogenated alkanes) is 5. The van der Waals surface area contributed by atoms with Crippen molar-refractivity contribution in [3.8, 4) is 0 Å². The average Bonchev–Trinajstić information content (AvgIpc) is 2.26. The normalized spacial score (nSPS) is 10.2. The summed E-state index contributed by atoms with van der Waals surface area (Å²) in [4.78, 5) is 9.80. The van der Waals surface area contributed by atoms with Crippen LogP contribution in [0.25, 0.3) is 0 Å². The van der Waals surface area contributed by atoms with Crippen LogP contribution < -0.4 is 0 Å². The molecule has 0 saturated carbocycles. The van der Waals surface area contributed by atoms with Gasteiger partial charge in [0.2, 0.25) is 0 Å². The van der Waals surface area contributed by atoms with Gasteiger partial charge in [-0.15, -0.1) is 0 Å². The Labute approximate surface area is 93.1 Å². The first-order valence-corrected chi connectivity index (χ1v) is 6.04. The molecule has 0 aliphatic rings. The Hall–Kier alpha value is -0.570. The second-order valence-electron chi connectivity index (χ2n) is 3.70. The highest BCUT2D eigenvalue weighted by atomic mass is 16.5. The number of rotatable bonds is 12. The number of carbonyl (C=O) groups is 1. The molecule has 0 aromatic heterocycles. The topological polar surface area (TPSA) is 35.5 Å². The van der Waals surface area contributed by atoms with Crippen molar-refractivity contribution in [1.29, 1.82) is 0 Å². The zero-order chi connectivity index (χ0) is 11.2. The third kappa shape index (κ3) is 13.4. The van der Waals surface area contributed by atoms with Crippen molar-refractivity contribution in [3.63, 3.8) is 0 Å². The number of hydrogen-bond acceptors (Lipinski definition) is 3. The molecular formula is C12H24O3. The first-order chi connectivity index (χ1) is 7.41. The van der Waals surface area contributed by atoms with E-state index in [-0.39, 0.29) is 0 Å². The summed E-state index contributed by atoms with van der Waals surface area (Å²) in [6, 6.07) is 0. The molecule has 90 valence electrons. The van der Waals surface area contributed by atoms with Crippen molar-refractivity contribution >= 4 is 6.47 Å². The highest BCUT2D eigenvalue weighted by Gasteiger charge is 1.91. The Morgan fingerprint density at radius 1 is 0.867 bits per heavy atom. The van der Waals surface area contributed by atoms with E-state index in [4.69, 9.17) is 4.74 Å². The van der Waals surface area contributed by atoms with Crippen LogP contribution in [0.5, 0.6) is 0 Å². The summed E-state index contributed by atoms with van der Waals surface area (Å²) in [5.41, 5.74) is 0. The van der Waals surface area contributed by atoms with Gasteiger partial charge in [0.15, 0.2) is 0 Å². The van der Waals surface area contributed by atoms with Crippen LogP contribution in [-0.4, -0.2) is 26.3 Å². The van der Waals surface area contributed by atoms with Gasteiger partial charge < -0.3 is 9.47 Å². The van der Waals surface area contributed by atoms with Crippen LogP contribution in [0.3, 0.4) is 0 Å². The van der Waals surface area contributed by atoms with Gasteiger partial charge in [-0.1, -0.05) is 39.0 Å². The molecule has 0 saturated heterocycles. The number of ether oxygens (including phenoxy) is 2. The van der Waals surface area contributed by atoms with Gasteiger partial charge in [-0.3, -0.25) is 4.79 Å².